The summed E-state index contributed by atoms with van der Waals surface area (Å²) in [6, 6.07) is 3.12. The first kappa shape index (κ1) is 8.44. The van der Waals surface area contributed by atoms with Crippen molar-refractivity contribution in [2.45, 2.75) is 25.0 Å². The molecule has 13 heavy (non-hydrogen) atoms. The maximum absolute atomic E-state index is 12.4. The molecule has 0 aromatic carbocycles. The van der Waals surface area contributed by atoms with Gasteiger partial charge in [0, 0.05) is 6.04 Å². The van der Waals surface area contributed by atoms with E-state index in [0.29, 0.717) is 5.75 Å². The van der Waals surface area contributed by atoms with Gasteiger partial charge in [0.25, 0.3) is 0 Å². The van der Waals surface area contributed by atoms with Crippen LogP contribution < -0.4 is 10.5 Å². The van der Waals surface area contributed by atoms with Gasteiger partial charge in [0.2, 0.25) is 5.95 Å². The summed E-state index contributed by atoms with van der Waals surface area (Å²) in [5, 5.41) is 0. The van der Waals surface area contributed by atoms with Crippen molar-refractivity contribution in [3.05, 3.63) is 24.3 Å². The van der Waals surface area contributed by atoms with E-state index in [9.17, 15) is 4.39 Å². The first-order valence-electron chi connectivity index (χ1n) is 4.28. The van der Waals surface area contributed by atoms with Gasteiger partial charge in [-0.05, 0) is 25.0 Å². The topological polar surface area (TPSA) is 48.1 Å². The number of halogens is 1. The van der Waals surface area contributed by atoms with E-state index in [2.05, 4.69) is 4.98 Å². The van der Waals surface area contributed by atoms with Crippen molar-refractivity contribution in [2.75, 3.05) is 0 Å². The second-order valence-corrected chi connectivity index (χ2v) is 3.29. The van der Waals surface area contributed by atoms with E-state index >= 15 is 0 Å². The van der Waals surface area contributed by atoms with E-state index in [-0.39, 0.29) is 12.1 Å². The minimum absolute atomic E-state index is 0.183. The van der Waals surface area contributed by atoms with Crippen LogP contribution in [0.25, 0.3) is 0 Å². The third kappa shape index (κ3) is 1.95. The zero-order valence-corrected chi connectivity index (χ0v) is 7.11. The Morgan fingerprint density at radius 2 is 2.23 bits per heavy atom. The molecule has 0 saturated heterocycles. The molecule has 0 amide bonds. The van der Waals surface area contributed by atoms with Crippen LogP contribution in [0.5, 0.6) is 5.75 Å². The van der Waals surface area contributed by atoms with Gasteiger partial charge >= 0.3 is 0 Å². The number of pyridine rings is 1. The van der Waals surface area contributed by atoms with E-state index in [4.69, 9.17) is 10.5 Å². The molecule has 0 radical (unpaired) electrons. The lowest BCUT2D eigenvalue weighted by molar-refractivity contribution is 0.100. The second-order valence-electron chi connectivity index (χ2n) is 3.29. The predicted molar refractivity (Wildman–Crippen MR) is 45.8 cm³/mol. The number of nitrogens with zero attached hydrogens (tertiary/aromatic N) is 1. The molecule has 0 atom stereocenters. The smallest absolute Gasteiger partial charge is 0.213 e. The van der Waals surface area contributed by atoms with Crippen LogP contribution in [0.2, 0.25) is 0 Å². The quantitative estimate of drug-likeness (QED) is 0.696. The van der Waals surface area contributed by atoms with Crippen molar-refractivity contribution in [3.8, 4) is 5.75 Å². The van der Waals surface area contributed by atoms with Gasteiger partial charge in [0.05, 0.1) is 6.20 Å². The zero-order valence-electron chi connectivity index (χ0n) is 7.11. The highest BCUT2D eigenvalue weighted by Crippen LogP contribution is 2.23. The Morgan fingerprint density at radius 1 is 1.46 bits per heavy atom. The highest BCUT2D eigenvalue weighted by molar-refractivity contribution is 5.17. The summed E-state index contributed by atoms with van der Waals surface area (Å²) in [5.41, 5.74) is 5.59. The number of hydrogen-bond donors (Lipinski definition) is 1. The summed E-state index contributed by atoms with van der Waals surface area (Å²) in [6.45, 7) is 0. The first-order chi connectivity index (χ1) is 6.24. The Kier molecular flexibility index (Phi) is 2.14. The Bertz CT molecular complexity index is 282. The predicted octanol–water partition coefficient (Wildman–Crippen LogP) is 1.09. The molecule has 0 unspecified atom stereocenters. The normalized spacial score (nSPS) is 26.6. The number of rotatable bonds is 2. The summed E-state index contributed by atoms with van der Waals surface area (Å²) < 4.78 is 17.9. The van der Waals surface area contributed by atoms with Crippen molar-refractivity contribution < 1.29 is 9.13 Å². The number of ether oxygens (including phenoxy) is 1. The van der Waals surface area contributed by atoms with Gasteiger partial charge in [-0.25, -0.2) is 4.98 Å². The molecule has 1 fully saturated rings. The highest BCUT2D eigenvalue weighted by atomic mass is 19.1. The van der Waals surface area contributed by atoms with Crippen LogP contribution in [0.4, 0.5) is 4.39 Å². The third-order valence-electron chi connectivity index (χ3n) is 2.13. The van der Waals surface area contributed by atoms with Crippen LogP contribution in [-0.4, -0.2) is 17.1 Å². The van der Waals surface area contributed by atoms with Gasteiger partial charge in [-0.1, -0.05) is 0 Å². The van der Waals surface area contributed by atoms with Crippen molar-refractivity contribution in [2.24, 2.45) is 5.73 Å². The third-order valence-corrected chi connectivity index (χ3v) is 2.13. The largest absolute Gasteiger partial charge is 0.489 e. The lowest BCUT2D eigenvalue weighted by Crippen LogP contribution is -2.43. The molecule has 1 aliphatic rings. The number of nitrogens with two attached hydrogens (primary N) is 1. The van der Waals surface area contributed by atoms with Crippen LogP contribution in [0, 0.1) is 5.95 Å². The van der Waals surface area contributed by atoms with E-state index in [1.54, 1.807) is 6.07 Å². The fraction of sp³-hybridized carbons (Fsp3) is 0.444. The molecule has 1 aromatic rings. The lowest BCUT2D eigenvalue weighted by atomic mass is 9.90. The minimum Gasteiger partial charge on any atom is -0.489 e. The van der Waals surface area contributed by atoms with Crippen molar-refractivity contribution in [1.82, 2.24) is 4.98 Å². The molecule has 0 spiro atoms. The monoisotopic (exact) mass is 182 g/mol. The molecule has 1 heterocycles. The molecule has 1 aliphatic carbocycles. The van der Waals surface area contributed by atoms with Crippen LogP contribution in [0.15, 0.2) is 18.3 Å². The van der Waals surface area contributed by atoms with Gasteiger partial charge in [-0.15, -0.1) is 0 Å². The van der Waals surface area contributed by atoms with Crippen molar-refractivity contribution >= 4 is 0 Å². The highest BCUT2D eigenvalue weighted by Gasteiger charge is 2.27. The van der Waals surface area contributed by atoms with Crippen molar-refractivity contribution in [1.29, 1.82) is 0 Å². The van der Waals surface area contributed by atoms with E-state index in [1.807, 2.05) is 0 Å². The van der Waals surface area contributed by atoms with Crippen LogP contribution in [-0.2, 0) is 0 Å². The van der Waals surface area contributed by atoms with Gasteiger partial charge in [0.1, 0.15) is 11.9 Å². The molecule has 1 saturated carbocycles. The maximum atomic E-state index is 12.4. The Labute approximate surface area is 75.7 Å². The molecule has 1 aromatic heterocycles. The van der Waals surface area contributed by atoms with E-state index in [1.165, 1.54) is 12.3 Å². The summed E-state index contributed by atoms with van der Waals surface area (Å²) >= 11 is 0. The van der Waals surface area contributed by atoms with Gasteiger partial charge in [-0.3, -0.25) is 0 Å². The maximum Gasteiger partial charge on any atom is 0.213 e. The Balaban J connectivity index is 1.91. The summed E-state index contributed by atoms with van der Waals surface area (Å²) in [6.07, 6.45) is 3.32. The molecule has 2 rings (SSSR count). The molecule has 70 valence electrons. The Morgan fingerprint density at radius 3 is 2.77 bits per heavy atom. The fourth-order valence-electron chi connectivity index (χ4n) is 1.33. The summed E-state index contributed by atoms with van der Waals surface area (Å²) in [5.74, 6) is 0.121. The Hall–Kier alpha value is -1.16. The summed E-state index contributed by atoms with van der Waals surface area (Å²) in [7, 11) is 0. The molecule has 2 N–H and O–H groups in total. The molecule has 3 nitrogen and oxygen atoms in total. The van der Waals surface area contributed by atoms with Crippen molar-refractivity contribution in [3.63, 3.8) is 0 Å². The van der Waals surface area contributed by atoms with E-state index in [0.717, 1.165) is 12.8 Å². The van der Waals surface area contributed by atoms with Crippen LogP contribution >= 0.6 is 0 Å². The second kappa shape index (κ2) is 3.30. The molecular formula is C9H11FN2O. The van der Waals surface area contributed by atoms with Crippen LogP contribution in [0.3, 0.4) is 0 Å². The SMILES string of the molecule is NC1CC(Oc2ccc(F)nc2)C1. The number of hydrogen-bond acceptors (Lipinski definition) is 3. The number of aromatic nitrogens is 1. The minimum atomic E-state index is -0.488. The molecule has 4 heteroatoms. The zero-order chi connectivity index (χ0) is 9.26. The average Bonchev–Trinajstić information content (AvgIpc) is 2.06. The molecule has 0 aliphatic heterocycles. The van der Waals surface area contributed by atoms with E-state index < -0.39 is 5.95 Å². The fourth-order valence-corrected chi connectivity index (χ4v) is 1.33. The van der Waals surface area contributed by atoms with Gasteiger partial charge in [-0.2, -0.15) is 4.39 Å². The lowest BCUT2D eigenvalue weighted by Gasteiger charge is -2.32. The first-order valence-corrected chi connectivity index (χ1v) is 4.28. The van der Waals surface area contributed by atoms with Crippen LogP contribution in [0.1, 0.15) is 12.8 Å². The average molecular weight is 182 g/mol. The van der Waals surface area contributed by atoms with Gasteiger partial charge in [0.15, 0.2) is 0 Å². The molecule has 0 bridgehead atoms. The van der Waals surface area contributed by atoms with Gasteiger partial charge < -0.3 is 10.5 Å². The molecular weight excluding hydrogens is 171 g/mol. The standard InChI is InChI=1S/C9H11FN2O/c10-9-2-1-7(5-12-9)13-8-3-6(11)4-8/h1-2,5-6,8H,3-4,11H2. The summed E-state index contributed by atoms with van der Waals surface area (Å²) in [4.78, 5) is 3.49.